The van der Waals surface area contributed by atoms with Crippen LogP contribution in [0, 0.1) is 12.3 Å². The van der Waals surface area contributed by atoms with Gasteiger partial charge in [-0.1, -0.05) is 16.3 Å². The van der Waals surface area contributed by atoms with E-state index in [1.165, 1.54) is 0 Å². The first-order valence-corrected chi connectivity index (χ1v) is 21.3. The van der Waals surface area contributed by atoms with Crippen molar-refractivity contribution in [3.05, 3.63) is 23.8 Å². The molecule has 0 aromatic carbocycles. The number of hydrogen-bond donors (Lipinski definition) is 7. The average molecular weight is 917 g/mol. The largest absolute Gasteiger partial charge is 1.00 e. The molecule has 25 nitrogen and oxygen atoms in total. The Morgan fingerprint density at radius 2 is 1.14 bits per heavy atom. The highest BCUT2D eigenvalue weighted by Crippen LogP contribution is 2.22. The second kappa shape index (κ2) is 26.5. The van der Waals surface area contributed by atoms with Gasteiger partial charge in [0.15, 0.2) is 0 Å². The van der Waals surface area contributed by atoms with Gasteiger partial charge in [-0.15, -0.1) is 16.6 Å². The second-order valence-electron chi connectivity index (χ2n) is 15.0. The van der Waals surface area contributed by atoms with Crippen LogP contribution >= 0.6 is 0 Å². The molecule has 26 heteroatoms. The van der Waals surface area contributed by atoms with Crippen LogP contribution in [0.2, 0.25) is 0 Å². The number of amides is 2. The van der Waals surface area contributed by atoms with E-state index in [2.05, 4.69) is 51.6 Å². The molecule has 0 aliphatic carbocycles. The van der Waals surface area contributed by atoms with E-state index in [0.29, 0.717) is 136 Å². The van der Waals surface area contributed by atoms with E-state index in [1.54, 1.807) is 21.8 Å². The number of anilines is 3. The Bertz CT molecular complexity index is 1860. The molecule has 0 spiro atoms. The average Bonchev–Trinajstić information content (AvgIpc) is 3.98. The molecule has 2 fully saturated rings. The van der Waals surface area contributed by atoms with E-state index < -0.39 is 12.1 Å². The third-order valence-electron chi connectivity index (χ3n) is 10.3. The van der Waals surface area contributed by atoms with Crippen molar-refractivity contribution in [2.75, 3.05) is 127 Å². The zero-order valence-corrected chi connectivity index (χ0v) is 37.5. The summed E-state index contributed by atoms with van der Waals surface area (Å²) in [5, 5.41) is 20.2. The number of rotatable bonds is 25. The number of guanidine groups is 2. The molecule has 2 amide bonds. The number of nitrogens with zero attached hydrogens (tertiary/aromatic N) is 13. The number of carbonyl (C=O) groups excluding carboxylic acids is 2. The van der Waals surface area contributed by atoms with Gasteiger partial charge in [-0.25, -0.2) is 9.36 Å². The van der Waals surface area contributed by atoms with Crippen LogP contribution in [0.1, 0.15) is 50.2 Å². The molecule has 5 rings (SSSR count). The monoisotopic (exact) mass is 916 g/mol. The number of hydrogen-bond acceptors (Lipinski definition) is 15. The minimum atomic E-state index is -0.526. The van der Waals surface area contributed by atoms with Crippen molar-refractivity contribution in [2.45, 2.75) is 51.6 Å². The summed E-state index contributed by atoms with van der Waals surface area (Å²) >= 11 is 0. The molecule has 2 aliphatic heterocycles. The molecule has 0 bridgehead atoms. The summed E-state index contributed by atoms with van der Waals surface area (Å²) in [6.45, 7) is 11.6. The quantitative estimate of drug-likeness (QED) is 0.0180. The molecule has 2 aliphatic rings. The van der Waals surface area contributed by atoms with Crippen LogP contribution < -0.4 is 60.4 Å². The van der Waals surface area contributed by atoms with Crippen molar-refractivity contribution in [1.29, 1.82) is 0 Å². The van der Waals surface area contributed by atoms with E-state index in [4.69, 9.17) is 58.5 Å². The summed E-state index contributed by atoms with van der Waals surface area (Å²) in [5.74, 6) is 4.04. The van der Waals surface area contributed by atoms with E-state index in [1.807, 2.05) is 23.6 Å². The van der Waals surface area contributed by atoms with E-state index >= 15 is 0 Å². The van der Waals surface area contributed by atoms with Crippen LogP contribution in [0.3, 0.4) is 0 Å². The Morgan fingerprint density at radius 3 is 1.58 bits per heavy atom. The van der Waals surface area contributed by atoms with Gasteiger partial charge in [-0.05, 0) is 39.5 Å². The van der Waals surface area contributed by atoms with Gasteiger partial charge in [-0.2, -0.15) is 15.0 Å². The van der Waals surface area contributed by atoms with Crippen molar-refractivity contribution >= 4 is 41.6 Å². The van der Waals surface area contributed by atoms with Gasteiger partial charge in [0.25, 0.3) is 0 Å². The predicted octanol–water partition coefficient (Wildman–Crippen LogP) is -9.45. The molecule has 2 saturated heterocycles. The minimum absolute atomic E-state index is 0. The Kier molecular flexibility index (Phi) is 20.9. The third-order valence-corrected chi connectivity index (χ3v) is 10.3. The number of halogens is 1. The lowest BCUT2D eigenvalue weighted by Gasteiger charge is -2.37. The number of nitrogens with one attached hydrogen (secondary N) is 3. The lowest BCUT2D eigenvalue weighted by Crippen LogP contribution is -3.00. The number of ether oxygens (including phenoxy) is 3. The summed E-state index contributed by atoms with van der Waals surface area (Å²) in [5.41, 5.74) is 23.4. The van der Waals surface area contributed by atoms with Gasteiger partial charge in [-0.3, -0.25) is 42.5 Å². The van der Waals surface area contributed by atoms with Gasteiger partial charge in [0, 0.05) is 71.3 Å². The van der Waals surface area contributed by atoms with Crippen molar-refractivity contribution < 1.29 is 46.2 Å². The number of aromatic nitrogens is 9. The molecule has 5 heterocycles. The molecular weight excluding hydrogens is 852 g/mol. The molecule has 64 heavy (non-hydrogen) atoms. The van der Waals surface area contributed by atoms with Crippen molar-refractivity contribution in [3.63, 3.8) is 0 Å². The summed E-state index contributed by atoms with van der Waals surface area (Å²) < 4.78 is 19.7. The maximum absolute atomic E-state index is 13.6. The highest BCUT2D eigenvalue weighted by Gasteiger charge is 2.31. The molecule has 2 unspecified atom stereocenters. The smallest absolute Gasteiger partial charge is 0.338 e. The number of terminal acetylenes is 1. The Hall–Kier alpha value is -6.10. The van der Waals surface area contributed by atoms with Gasteiger partial charge < -0.3 is 51.5 Å². The molecule has 3 aromatic heterocycles. The molecule has 352 valence electrons. The highest BCUT2D eigenvalue weighted by molar-refractivity contribution is 5.81. The van der Waals surface area contributed by atoms with Crippen molar-refractivity contribution in [2.24, 2.45) is 22.9 Å². The van der Waals surface area contributed by atoms with Crippen LogP contribution in [0.4, 0.5) is 17.8 Å². The van der Waals surface area contributed by atoms with Crippen molar-refractivity contribution in [1.82, 2.24) is 54.7 Å². The standard InChI is InChI=1S/C38H62N20O5.ClH/c1-4-20-61-22-24-63-25-23-62-21-11-45-36-46-37(55-16-12-53(13-17-55)32(59)28(2)57-26-30(49-51-57)7-5-9-43-34(39)40)48-38(47-36)56-18-14-54(15-19-56)33(60)29(3)58-27-31(50-52-58)8-6-10-44-35(41)42;/h1,26-29H,5-25H2,2-3H3,(H4,39,40,43)(H4,41,42,44)(H,45,46,47,48);1H/p+1. The first kappa shape index (κ1) is 50.5. The second-order valence-corrected chi connectivity index (χ2v) is 15.0. The zero-order chi connectivity index (χ0) is 45.0. The summed E-state index contributed by atoms with van der Waals surface area (Å²) in [6.07, 6.45) is 11.7. The summed E-state index contributed by atoms with van der Waals surface area (Å²) in [6, 6.07) is -1.05. The lowest BCUT2D eigenvalue weighted by atomic mass is 10.2. The van der Waals surface area contributed by atoms with Crippen LogP contribution in [0.25, 0.3) is 0 Å². The van der Waals surface area contributed by atoms with Crippen LogP contribution in [0.15, 0.2) is 12.4 Å². The highest BCUT2D eigenvalue weighted by atomic mass is 35.5. The third kappa shape index (κ3) is 15.9. The Balaban J connectivity index is 0.00000898. The van der Waals surface area contributed by atoms with Gasteiger partial charge in [0.1, 0.15) is 18.7 Å². The maximum atomic E-state index is 13.6. The number of piperazine rings is 2. The molecular formula is C38H64ClN20O5+. The SMILES string of the molecule is C#CCOCCOCCOCCNc1nc(N2CCN(C(=O)C(C)n3cc(CCC[NH+]=C(N)N)nn3)CC2)nc(N2CCN(C(=O)C(C)n3cc(CCC[NH+]=C(N)N)nn3)CC2)n1.[Cl-]. The van der Waals surface area contributed by atoms with Crippen LogP contribution in [-0.2, 0) is 36.6 Å². The fourth-order valence-electron chi connectivity index (χ4n) is 6.77. The Morgan fingerprint density at radius 1 is 0.703 bits per heavy atom. The maximum Gasteiger partial charge on any atom is 0.338 e. The summed E-state index contributed by atoms with van der Waals surface area (Å²) in [7, 11) is 0. The van der Waals surface area contributed by atoms with E-state index in [0.717, 1.165) is 24.2 Å². The van der Waals surface area contributed by atoms with Gasteiger partial charge in [0.2, 0.25) is 29.7 Å². The fourth-order valence-corrected chi connectivity index (χ4v) is 6.77. The molecule has 0 saturated carbocycles. The molecule has 2 atom stereocenters. The van der Waals surface area contributed by atoms with E-state index in [9.17, 15) is 9.59 Å². The fraction of sp³-hybridized carbons (Fsp3) is 0.658. The van der Waals surface area contributed by atoms with Gasteiger partial charge in [0.05, 0.1) is 57.5 Å². The van der Waals surface area contributed by atoms with Crippen molar-refractivity contribution in [3.8, 4) is 12.3 Å². The summed E-state index contributed by atoms with van der Waals surface area (Å²) in [4.78, 5) is 55.2. The minimum Gasteiger partial charge on any atom is -1.00 e. The Labute approximate surface area is 379 Å². The lowest BCUT2D eigenvalue weighted by molar-refractivity contribution is -0.460. The van der Waals surface area contributed by atoms with Gasteiger partial charge >= 0.3 is 11.9 Å². The predicted molar refractivity (Wildman–Crippen MR) is 232 cm³/mol. The molecule has 11 N–H and O–H groups in total. The molecule has 0 radical (unpaired) electrons. The van der Waals surface area contributed by atoms with Crippen LogP contribution in [-0.4, -0.2) is 190 Å². The number of carbonyl (C=O) groups is 2. The molecule has 3 aromatic rings. The first-order chi connectivity index (χ1) is 30.5. The number of aryl methyl sites for hydroxylation is 2. The van der Waals surface area contributed by atoms with E-state index in [-0.39, 0.29) is 42.7 Å². The first-order valence-electron chi connectivity index (χ1n) is 21.3. The normalized spacial score (nSPS) is 14.9. The number of nitrogens with two attached hydrogens (primary N) is 4. The van der Waals surface area contributed by atoms with Crippen LogP contribution in [0.5, 0.6) is 0 Å². The zero-order valence-electron chi connectivity index (χ0n) is 36.8. The topological polar surface area (TPSA) is 319 Å².